The van der Waals surface area contributed by atoms with Crippen molar-refractivity contribution < 1.29 is 14.3 Å². The quantitative estimate of drug-likeness (QED) is 0.799. The molecular weight excluding hydrogens is 268 g/mol. The predicted octanol–water partition coefficient (Wildman–Crippen LogP) is 2.08. The molecular formula is C16H20N2O3. The van der Waals surface area contributed by atoms with Crippen molar-refractivity contribution in [2.45, 2.75) is 13.3 Å². The molecule has 1 aliphatic rings. The maximum absolute atomic E-state index is 12.6. The van der Waals surface area contributed by atoms with Crippen molar-refractivity contribution >= 4 is 17.4 Å². The fourth-order valence-corrected chi connectivity index (χ4v) is 2.38. The van der Waals surface area contributed by atoms with Gasteiger partial charge in [-0.1, -0.05) is 6.92 Å². The van der Waals surface area contributed by atoms with Crippen molar-refractivity contribution in [2.24, 2.45) is 0 Å². The minimum atomic E-state index is -0.0576. The van der Waals surface area contributed by atoms with E-state index in [1.807, 2.05) is 25.9 Å². The van der Waals surface area contributed by atoms with Crippen LogP contribution in [0.15, 0.2) is 30.0 Å². The van der Waals surface area contributed by atoms with Crippen molar-refractivity contribution in [1.82, 2.24) is 4.90 Å². The molecule has 0 bridgehead atoms. The van der Waals surface area contributed by atoms with Crippen LogP contribution in [0.2, 0.25) is 0 Å². The topological polar surface area (TPSA) is 49.9 Å². The van der Waals surface area contributed by atoms with E-state index in [-0.39, 0.29) is 11.7 Å². The lowest BCUT2D eigenvalue weighted by atomic mass is 9.95. The molecule has 0 spiro atoms. The molecule has 112 valence electrons. The highest BCUT2D eigenvalue weighted by Crippen LogP contribution is 2.32. The number of nitrogens with zero attached hydrogens (tertiary/aromatic N) is 2. The highest BCUT2D eigenvalue weighted by molar-refractivity contribution is 6.17. The van der Waals surface area contributed by atoms with Gasteiger partial charge < -0.3 is 14.5 Å². The monoisotopic (exact) mass is 288 g/mol. The van der Waals surface area contributed by atoms with Gasteiger partial charge in [-0.3, -0.25) is 9.59 Å². The Bertz CT molecular complexity index is 606. The van der Waals surface area contributed by atoms with Crippen molar-refractivity contribution in [1.29, 1.82) is 0 Å². The number of anilines is 1. The number of rotatable bonds is 3. The maximum atomic E-state index is 12.6. The van der Waals surface area contributed by atoms with Crippen LogP contribution in [0.4, 0.5) is 5.69 Å². The van der Waals surface area contributed by atoms with Gasteiger partial charge in [0.15, 0.2) is 5.78 Å². The second-order valence-electron chi connectivity index (χ2n) is 5.16. The third-order valence-corrected chi connectivity index (χ3v) is 3.38. The highest BCUT2D eigenvalue weighted by atomic mass is 16.5. The van der Waals surface area contributed by atoms with Gasteiger partial charge in [0.1, 0.15) is 5.75 Å². The van der Waals surface area contributed by atoms with Crippen LogP contribution in [0.25, 0.3) is 0 Å². The molecule has 0 radical (unpaired) electrons. The molecule has 1 heterocycles. The van der Waals surface area contributed by atoms with Crippen LogP contribution in [0.1, 0.15) is 23.7 Å². The van der Waals surface area contributed by atoms with Crippen LogP contribution in [0.5, 0.6) is 5.75 Å². The summed E-state index contributed by atoms with van der Waals surface area (Å²) in [7, 11) is 5.27. The second-order valence-corrected chi connectivity index (χ2v) is 5.16. The molecule has 2 rings (SSSR count). The summed E-state index contributed by atoms with van der Waals surface area (Å²) < 4.78 is 5.18. The van der Waals surface area contributed by atoms with Gasteiger partial charge in [0.25, 0.3) is 0 Å². The van der Waals surface area contributed by atoms with E-state index in [2.05, 4.69) is 0 Å². The lowest BCUT2D eigenvalue weighted by Crippen LogP contribution is -2.39. The number of amides is 1. The normalized spacial score (nSPS) is 15.9. The smallest absolute Gasteiger partial charge is 0.227 e. The fraction of sp³-hybridized carbons (Fsp3) is 0.375. The molecule has 0 saturated heterocycles. The SMILES string of the molecule is CCC(=O)N1CC(=CN(C)C)C(=O)c2cc(OC)ccc21. The van der Waals surface area contributed by atoms with E-state index in [1.165, 1.54) is 0 Å². The number of ketones is 1. The zero-order valence-electron chi connectivity index (χ0n) is 12.8. The number of benzene rings is 1. The molecule has 1 aromatic rings. The Morgan fingerprint density at radius 1 is 1.43 bits per heavy atom. The Labute approximate surface area is 124 Å². The fourth-order valence-electron chi connectivity index (χ4n) is 2.38. The molecule has 0 atom stereocenters. The van der Waals surface area contributed by atoms with Gasteiger partial charge in [-0.25, -0.2) is 0 Å². The standard InChI is InChI=1S/C16H20N2O3/c1-5-15(19)18-10-11(9-17(2)3)16(20)13-8-12(21-4)6-7-14(13)18/h6-9H,5,10H2,1-4H3. The average molecular weight is 288 g/mol. The first-order valence-electron chi connectivity index (χ1n) is 6.88. The number of ether oxygens (including phenoxy) is 1. The van der Waals surface area contributed by atoms with Crippen molar-refractivity contribution in [3.05, 3.63) is 35.5 Å². The van der Waals surface area contributed by atoms with Gasteiger partial charge in [-0.05, 0) is 18.2 Å². The molecule has 0 fully saturated rings. The molecule has 0 aliphatic carbocycles. The minimum absolute atomic E-state index is 0.00132. The summed E-state index contributed by atoms with van der Waals surface area (Å²) in [6, 6.07) is 5.23. The average Bonchev–Trinajstić information content (AvgIpc) is 2.48. The van der Waals surface area contributed by atoms with Crippen molar-refractivity contribution in [3.8, 4) is 5.75 Å². The summed E-state index contributed by atoms with van der Waals surface area (Å²) in [4.78, 5) is 28.2. The molecule has 1 amide bonds. The minimum Gasteiger partial charge on any atom is -0.497 e. The molecule has 5 heteroatoms. The number of fused-ring (bicyclic) bond motifs is 1. The first-order valence-corrected chi connectivity index (χ1v) is 6.88. The van der Waals surface area contributed by atoms with Crippen molar-refractivity contribution in [2.75, 3.05) is 32.6 Å². The third kappa shape index (κ3) is 2.91. The first kappa shape index (κ1) is 15.1. The Hall–Kier alpha value is -2.30. The molecule has 5 nitrogen and oxygen atoms in total. The zero-order chi connectivity index (χ0) is 15.6. The van der Waals surface area contributed by atoms with Crippen LogP contribution in [-0.2, 0) is 4.79 Å². The van der Waals surface area contributed by atoms with Crippen molar-refractivity contribution in [3.63, 3.8) is 0 Å². The molecule has 0 saturated carbocycles. The molecule has 21 heavy (non-hydrogen) atoms. The number of Topliss-reactive ketones (excluding diaryl/α,β-unsaturated/α-hetero) is 1. The lowest BCUT2D eigenvalue weighted by Gasteiger charge is -2.30. The maximum Gasteiger partial charge on any atom is 0.227 e. The predicted molar refractivity (Wildman–Crippen MR) is 81.7 cm³/mol. The van der Waals surface area contributed by atoms with Gasteiger partial charge in [-0.2, -0.15) is 0 Å². The molecule has 1 aliphatic heterocycles. The van der Waals surface area contributed by atoms with Crippen LogP contribution >= 0.6 is 0 Å². The second kappa shape index (κ2) is 5.99. The first-order chi connectivity index (χ1) is 9.97. The number of carbonyl (C=O) groups is 2. The summed E-state index contributed by atoms with van der Waals surface area (Å²) >= 11 is 0. The molecule has 1 aromatic carbocycles. The number of methoxy groups -OCH3 is 1. The molecule has 0 N–H and O–H groups in total. The largest absolute Gasteiger partial charge is 0.497 e. The Kier molecular flexibility index (Phi) is 4.31. The van der Waals surface area contributed by atoms with E-state index in [9.17, 15) is 9.59 Å². The van der Waals surface area contributed by atoms with Gasteiger partial charge in [0.05, 0.1) is 19.3 Å². The summed E-state index contributed by atoms with van der Waals surface area (Å²) in [5.41, 5.74) is 1.77. The molecule has 0 unspecified atom stereocenters. The summed E-state index contributed by atoms with van der Waals surface area (Å²) in [6.45, 7) is 2.13. The van der Waals surface area contributed by atoms with Crippen LogP contribution in [-0.4, -0.2) is 44.3 Å². The molecule has 0 aromatic heterocycles. The van der Waals surface area contributed by atoms with E-state index < -0.39 is 0 Å². The Balaban J connectivity index is 2.56. The van der Waals surface area contributed by atoms with Crippen LogP contribution < -0.4 is 9.64 Å². The summed E-state index contributed by atoms with van der Waals surface area (Å²) in [5.74, 6) is 0.549. The Morgan fingerprint density at radius 3 is 2.71 bits per heavy atom. The summed E-state index contributed by atoms with van der Waals surface area (Å²) in [5, 5.41) is 0. The van der Waals surface area contributed by atoms with E-state index >= 15 is 0 Å². The van der Waals surface area contributed by atoms with E-state index in [1.54, 1.807) is 36.4 Å². The Morgan fingerprint density at radius 2 is 2.14 bits per heavy atom. The van der Waals surface area contributed by atoms with Crippen LogP contribution in [0.3, 0.4) is 0 Å². The van der Waals surface area contributed by atoms with Gasteiger partial charge in [0, 0.05) is 37.9 Å². The van der Waals surface area contributed by atoms with E-state index in [0.717, 1.165) is 0 Å². The summed E-state index contributed by atoms with van der Waals surface area (Å²) in [6.07, 6.45) is 2.16. The van der Waals surface area contributed by atoms with Gasteiger partial charge in [0.2, 0.25) is 5.91 Å². The number of carbonyl (C=O) groups excluding carboxylic acids is 2. The van der Waals surface area contributed by atoms with E-state index in [4.69, 9.17) is 4.74 Å². The lowest BCUT2D eigenvalue weighted by molar-refractivity contribution is -0.118. The zero-order valence-corrected chi connectivity index (χ0v) is 12.8. The number of hydrogen-bond donors (Lipinski definition) is 0. The number of hydrogen-bond acceptors (Lipinski definition) is 4. The van der Waals surface area contributed by atoms with Crippen LogP contribution in [0, 0.1) is 0 Å². The van der Waals surface area contributed by atoms with Gasteiger partial charge in [-0.15, -0.1) is 0 Å². The van der Waals surface area contributed by atoms with E-state index in [0.29, 0.717) is 35.5 Å². The highest BCUT2D eigenvalue weighted by Gasteiger charge is 2.30. The third-order valence-electron chi connectivity index (χ3n) is 3.38. The van der Waals surface area contributed by atoms with Gasteiger partial charge >= 0.3 is 0 Å².